The fourth-order valence-electron chi connectivity index (χ4n) is 3.46. The summed E-state index contributed by atoms with van der Waals surface area (Å²) in [5, 5.41) is 3.66. The first-order chi connectivity index (χ1) is 6.54. The van der Waals surface area contributed by atoms with Crippen LogP contribution in [-0.2, 0) is 4.74 Å². The Labute approximate surface area is 86.4 Å². The first-order valence-corrected chi connectivity index (χ1v) is 5.92. The van der Waals surface area contributed by atoms with E-state index in [9.17, 15) is 0 Å². The Bertz CT molecular complexity index is 235. The monoisotopic (exact) mass is 195 g/mol. The van der Waals surface area contributed by atoms with E-state index in [-0.39, 0.29) is 5.72 Å². The predicted octanol–water partition coefficient (Wildman–Crippen LogP) is 2.29. The van der Waals surface area contributed by atoms with Crippen LogP contribution in [0.2, 0.25) is 0 Å². The van der Waals surface area contributed by atoms with Gasteiger partial charge in [-0.1, -0.05) is 20.3 Å². The number of hydrogen-bond donors (Lipinski definition) is 1. The van der Waals surface area contributed by atoms with Crippen molar-refractivity contribution in [3.8, 4) is 0 Å². The van der Waals surface area contributed by atoms with Crippen molar-refractivity contribution >= 4 is 0 Å². The highest BCUT2D eigenvalue weighted by molar-refractivity contribution is 5.04. The van der Waals surface area contributed by atoms with Crippen LogP contribution in [0, 0.1) is 10.8 Å². The predicted molar refractivity (Wildman–Crippen MR) is 56.0 cm³/mol. The maximum atomic E-state index is 6.08. The van der Waals surface area contributed by atoms with Crippen molar-refractivity contribution in [2.24, 2.45) is 10.8 Å². The molecule has 2 spiro atoms. The summed E-state index contributed by atoms with van der Waals surface area (Å²) in [5.41, 5.74) is 1.10. The Morgan fingerprint density at radius 1 is 1.14 bits per heavy atom. The van der Waals surface area contributed by atoms with Gasteiger partial charge in [0.2, 0.25) is 0 Å². The van der Waals surface area contributed by atoms with Gasteiger partial charge in [0, 0.05) is 12.0 Å². The van der Waals surface area contributed by atoms with Crippen LogP contribution < -0.4 is 5.32 Å². The van der Waals surface area contributed by atoms with E-state index < -0.39 is 0 Å². The fraction of sp³-hybridized carbons (Fsp3) is 1.00. The van der Waals surface area contributed by atoms with Crippen molar-refractivity contribution in [3.05, 3.63) is 0 Å². The van der Waals surface area contributed by atoms with Gasteiger partial charge in [0.25, 0.3) is 0 Å². The minimum absolute atomic E-state index is 0.0737. The van der Waals surface area contributed by atoms with Crippen molar-refractivity contribution in [1.82, 2.24) is 5.32 Å². The first kappa shape index (κ1) is 9.17. The molecule has 1 N–H and O–H groups in total. The topological polar surface area (TPSA) is 21.3 Å². The quantitative estimate of drug-likeness (QED) is 0.640. The van der Waals surface area contributed by atoms with Gasteiger partial charge in [0.15, 0.2) is 0 Å². The van der Waals surface area contributed by atoms with Gasteiger partial charge in [-0.05, 0) is 31.1 Å². The third-order valence-corrected chi connectivity index (χ3v) is 4.38. The van der Waals surface area contributed by atoms with Crippen LogP contribution in [-0.4, -0.2) is 18.9 Å². The van der Waals surface area contributed by atoms with Gasteiger partial charge in [-0.2, -0.15) is 0 Å². The third kappa shape index (κ3) is 1.24. The van der Waals surface area contributed by atoms with Crippen LogP contribution in [0.25, 0.3) is 0 Å². The molecular formula is C12H21NO. The van der Waals surface area contributed by atoms with E-state index in [1.807, 2.05) is 0 Å². The fourth-order valence-corrected chi connectivity index (χ4v) is 3.46. The summed E-state index contributed by atoms with van der Waals surface area (Å²) in [4.78, 5) is 0. The van der Waals surface area contributed by atoms with Gasteiger partial charge in [0.05, 0.1) is 6.61 Å². The van der Waals surface area contributed by atoms with Gasteiger partial charge in [-0.25, -0.2) is 0 Å². The van der Waals surface area contributed by atoms with E-state index in [4.69, 9.17) is 4.74 Å². The lowest BCUT2D eigenvalue weighted by Crippen LogP contribution is -2.67. The van der Waals surface area contributed by atoms with Crippen molar-refractivity contribution in [2.45, 2.75) is 51.7 Å². The van der Waals surface area contributed by atoms with E-state index in [0.717, 1.165) is 6.61 Å². The summed E-state index contributed by atoms with van der Waals surface area (Å²) in [6, 6.07) is 0. The Morgan fingerprint density at radius 3 is 2.21 bits per heavy atom. The largest absolute Gasteiger partial charge is 0.360 e. The SMILES string of the molecule is CC1(C)CC2(C1)NCC1(CCC1)CO2. The highest BCUT2D eigenvalue weighted by atomic mass is 16.5. The number of rotatable bonds is 0. The lowest BCUT2D eigenvalue weighted by atomic mass is 9.62. The second-order valence-electron chi connectivity index (χ2n) is 6.51. The Morgan fingerprint density at radius 2 is 1.86 bits per heavy atom. The molecule has 3 fully saturated rings. The Kier molecular flexibility index (Phi) is 1.66. The molecule has 0 amide bonds. The van der Waals surface area contributed by atoms with Crippen LogP contribution in [0.15, 0.2) is 0 Å². The molecule has 0 aromatic carbocycles. The summed E-state index contributed by atoms with van der Waals surface area (Å²) in [7, 11) is 0. The molecule has 2 nitrogen and oxygen atoms in total. The van der Waals surface area contributed by atoms with Gasteiger partial charge in [0.1, 0.15) is 5.72 Å². The summed E-state index contributed by atoms with van der Waals surface area (Å²) in [6.45, 7) is 6.87. The Balaban J connectivity index is 1.61. The van der Waals surface area contributed by atoms with Crippen LogP contribution in [0.5, 0.6) is 0 Å². The van der Waals surface area contributed by atoms with Crippen LogP contribution in [0.3, 0.4) is 0 Å². The molecule has 1 saturated heterocycles. The summed E-state index contributed by atoms with van der Waals surface area (Å²) >= 11 is 0. The van der Waals surface area contributed by atoms with E-state index in [1.54, 1.807) is 0 Å². The molecule has 0 bridgehead atoms. The maximum absolute atomic E-state index is 6.08. The van der Waals surface area contributed by atoms with Crippen molar-refractivity contribution < 1.29 is 4.74 Å². The molecule has 2 aliphatic carbocycles. The zero-order valence-corrected chi connectivity index (χ0v) is 9.36. The van der Waals surface area contributed by atoms with E-state index in [1.165, 1.54) is 38.6 Å². The lowest BCUT2D eigenvalue weighted by Gasteiger charge is -2.59. The van der Waals surface area contributed by atoms with E-state index in [2.05, 4.69) is 19.2 Å². The molecule has 2 heteroatoms. The zero-order chi connectivity index (χ0) is 9.86. The van der Waals surface area contributed by atoms with Crippen molar-refractivity contribution in [2.75, 3.05) is 13.2 Å². The molecule has 0 atom stereocenters. The van der Waals surface area contributed by atoms with Crippen LogP contribution in [0.4, 0.5) is 0 Å². The standard InChI is InChI=1S/C12H21NO/c1-10(2)6-12(7-10)13-8-11(9-14-12)4-3-5-11/h13H,3-9H2,1-2H3. The van der Waals surface area contributed by atoms with Gasteiger partial charge in [-0.3, -0.25) is 5.32 Å². The Hall–Kier alpha value is -0.0800. The van der Waals surface area contributed by atoms with E-state index in [0.29, 0.717) is 10.8 Å². The molecule has 3 aliphatic rings. The third-order valence-electron chi connectivity index (χ3n) is 4.38. The maximum Gasteiger partial charge on any atom is 0.120 e. The molecule has 1 aliphatic heterocycles. The van der Waals surface area contributed by atoms with Crippen molar-refractivity contribution in [1.29, 1.82) is 0 Å². The number of hydrogen-bond acceptors (Lipinski definition) is 2. The van der Waals surface area contributed by atoms with Gasteiger partial charge < -0.3 is 4.74 Å². The average Bonchev–Trinajstić information content (AvgIpc) is 1.99. The van der Waals surface area contributed by atoms with Crippen LogP contribution in [0.1, 0.15) is 46.0 Å². The minimum Gasteiger partial charge on any atom is -0.360 e. The smallest absolute Gasteiger partial charge is 0.120 e. The summed E-state index contributed by atoms with van der Waals surface area (Å²) in [6.07, 6.45) is 6.54. The molecule has 0 radical (unpaired) electrons. The van der Waals surface area contributed by atoms with Crippen molar-refractivity contribution in [3.63, 3.8) is 0 Å². The number of ether oxygens (including phenoxy) is 1. The van der Waals surface area contributed by atoms with Crippen LogP contribution >= 0.6 is 0 Å². The molecule has 0 aromatic rings. The zero-order valence-electron chi connectivity index (χ0n) is 9.36. The second-order valence-corrected chi connectivity index (χ2v) is 6.51. The molecule has 0 unspecified atom stereocenters. The highest BCUT2D eigenvalue weighted by Crippen LogP contribution is 2.53. The summed E-state index contributed by atoms with van der Waals surface area (Å²) < 4.78 is 6.08. The minimum atomic E-state index is 0.0737. The molecule has 3 rings (SSSR count). The van der Waals surface area contributed by atoms with Gasteiger partial charge >= 0.3 is 0 Å². The highest BCUT2D eigenvalue weighted by Gasteiger charge is 2.55. The molecular weight excluding hydrogens is 174 g/mol. The normalized spacial score (nSPS) is 36.4. The number of nitrogens with one attached hydrogen (secondary N) is 1. The second kappa shape index (κ2) is 2.53. The summed E-state index contributed by atoms with van der Waals surface area (Å²) in [5.74, 6) is 0. The molecule has 0 aromatic heterocycles. The molecule has 2 saturated carbocycles. The average molecular weight is 195 g/mol. The molecule has 14 heavy (non-hydrogen) atoms. The molecule has 1 heterocycles. The van der Waals surface area contributed by atoms with E-state index >= 15 is 0 Å². The lowest BCUT2D eigenvalue weighted by molar-refractivity contribution is -0.234. The van der Waals surface area contributed by atoms with Gasteiger partial charge in [-0.15, -0.1) is 0 Å². The molecule has 80 valence electrons. The first-order valence-electron chi connectivity index (χ1n) is 5.92.